The van der Waals surface area contributed by atoms with E-state index in [0.29, 0.717) is 5.88 Å². The van der Waals surface area contributed by atoms with Crippen molar-refractivity contribution in [2.75, 3.05) is 19.5 Å². The summed E-state index contributed by atoms with van der Waals surface area (Å²) < 4.78 is 0. The van der Waals surface area contributed by atoms with Crippen LogP contribution in [0.5, 0.6) is 0 Å². The second-order valence-corrected chi connectivity index (χ2v) is 2.97. The maximum atomic E-state index is 5.58. The summed E-state index contributed by atoms with van der Waals surface area (Å²) in [4.78, 5) is 10.3. The Bertz CT molecular complexity index is 215. The molecule has 0 aliphatic heterocycles. The molecular formula is C8H12ClN3. The molecule has 0 saturated carbocycles. The van der Waals surface area contributed by atoms with Crippen LogP contribution < -0.4 is 0 Å². The first-order chi connectivity index (χ1) is 5.83. The molecule has 3 nitrogen and oxygen atoms in total. The normalized spacial score (nSPS) is 10.6. The highest BCUT2D eigenvalue weighted by Gasteiger charge is 1.99. The van der Waals surface area contributed by atoms with Crippen molar-refractivity contribution in [1.82, 2.24) is 14.9 Å². The van der Waals surface area contributed by atoms with Gasteiger partial charge in [0, 0.05) is 24.8 Å². The van der Waals surface area contributed by atoms with E-state index in [-0.39, 0.29) is 0 Å². The minimum atomic E-state index is 0.642. The summed E-state index contributed by atoms with van der Waals surface area (Å²) in [7, 11) is 2.00. The summed E-state index contributed by atoms with van der Waals surface area (Å²) in [6.07, 6.45) is 3.49. The zero-order valence-corrected chi connectivity index (χ0v) is 7.83. The molecule has 66 valence electrons. The largest absolute Gasteiger partial charge is 0.298 e. The number of hydrogen-bond donors (Lipinski definition) is 0. The molecule has 0 aliphatic carbocycles. The van der Waals surface area contributed by atoms with Crippen molar-refractivity contribution < 1.29 is 0 Å². The van der Waals surface area contributed by atoms with Gasteiger partial charge in [0.05, 0.1) is 6.54 Å². The standard InChI is InChI=1S/C8H12ClN3/c1-12(6-3-9)7-8-10-4-2-5-11-8/h2,4-5H,3,6-7H2,1H3. The van der Waals surface area contributed by atoms with Crippen molar-refractivity contribution in [3.63, 3.8) is 0 Å². The van der Waals surface area contributed by atoms with Crippen molar-refractivity contribution in [2.24, 2.45) is 0 Å². The van der Waals surface area contributed by atoms with Crippen LogP contribution in [-0.4, -0.2) is 34.3 Å². The first kappa shape index (κ1) is 9.42. The molecule has 1 aromatic heterocycles. The van der Waals surface area contributed by atoms with Crippen molar-refractivity contribution in [2.45, 2.75) is 6.54 Å². The Labute approximate surface area is 77.4 Å². The molecule has 0 aliphatic rings. The number of nitrogens with zero attached hydrogens (tertiary/aromatic N) is 3. The lowest BCUT2D eigenvalue weighted by Gasteiger charge is -2.12. The molecule has 0 bridgehead atoms. The fraction of sp³-hybridized carbons (Fsp3) is 0.500. The smallest absolute Gasteiger partial charge is 0.142 e. The maximum absolute atomic E-state index is 5.58. The van der Waals surface area contributed by atoms with Gasteiger partial charge in [-0.1, -0.05) is 0 Å². The van der Waals surface area contributed by atoms with E-state index < -0.39 is 0 Å². The molecule has 1 heterocycles. The molecule has 1 rings (SSSR count). The van der Waals surface area contributed by atoms with E-state index in [2.05, 4.69) is 14.9 Å². The molecule has 0 spiro atoms. The van der Waals surface area contributed by atoms with Gasteiger partial charge in [0.15, 0.2) is 0 Å². The quantitative estimate of drug-likeness (QED) is 0.659. The Morgan fingerprint density at radius 1 is 1.42 bits per heavy atom. The zero-order chi connectivity index (χ0) is 8.81. The summed E-state index contributed by atoms with van der Waals surface area (Å²) in [6.45, 7) is 1.62. The molecular weight excluding hydrogens is 174 g/mol. The number of halogens is 1. The van der Waals surface area contributed by atoms with Crippen molar-refractivity contribution in [3.05, 3.63) is 24.3 Å². The fourth-order valence-electron chi connectivity index (χ4n) is 0.876. The number of alkyl halides is 1. The Morgan fingerprint density at radius 3 is 2.67 bits per heavy atom. The Balaban J connectivity index is 2.41. The Kier molecular flexibility index (Phi) is 3.97. The third-order valence-electron chi connectivity index (χ3n) is 1.50. The first-order valence-corrected chi connectivity index (χ1v) is 4.37. The molecule has 0 N–H and O–H groups in total. The second-order valence-electron chi connectivity index (χ2n) is 2.59. The lowest BCUT2D eigenvalue weighted by atomic mass is 10.5. The molecule has 0 unspecified atom stereocenters. The van der Waals surface area contributed by atoms with Crippen LogP contribution in [0, 0.1) is 0 Å². The van der Waals surface area contributed by atoms with E-state index in [1.54, 1.807) is 12.4 Å². The van der Waals surface area contributed by atoms with E-state index in [1.165, 1.54) is 0 Å². The topological polar surface area (TPSA) is 29.0 Å². The molecule has 0 aromatic carbocycles. The van der Waals surface area contributed by atoms with Crippen LogP contribution in [0.4, 0.5) is 0 Å². The lowest BCUT2D eigenvalue weighted by molar-refractivity contribution is 0.338. The minimum absolute atomic E-state index is 0.642. The van der Waals surface area contributed by atoms with Crippen LogP contribution in [0.3, 0.4) is 0 Å². The highest BCUT2D eigenvalue weighted by molar-refractivity contribution is 6.18. The van der Waals surface area contributed by atoms with Gasteiger partial charge in [0.2, 0.25) is 0 Å². The SMILES string of the molecule is CN(CCCl)Cc1ncccn1. The third kappa shape index (κ3) is 3.15. The average molecular weight is 186 g/mol. The molecule has 0 atom stereocenters. The van der Waals surface area contributed by atoms with Gasteiger partial charge < -0.3 is 0 Å². The van der Waals surface area contributed by atoms with Crippen molar-refractivity contribution in [3.8, 4) is 0 Å². The van der Waals surface area contributed by atoms with E-state index in [0.717, 1.165) is 18.9 Å². The summed E-state index contributed by atoms with van der Waals surface area (Å²) in [5.41, 5.74) is 0. The summed E-state index contributed by atoms with van der Waals surface area (Å²) in [6, 6.07) is 1.81. The number of rotatable bonds is 4. The van der Waals surface area contributed by atoms with Crippen LogP contribution >= 0.6 is 11.6 Å². The van der Waals surface area contributed by atoms with Crippen LogP contribution in [0.2, 0.25) is 0 Å². The third-order valence-corrected chi connectivity index (χ3v) is 1.67. The fourth-order valence-corrected chi connectivity index (χ4v) is 1.16. The summed E-state index contributed by atoms with van der Waals surface area (Å²) >= 11 is 5.58. The highest BCUT2D eigenvalue weighted by atomic mass is 35.5. The van der Waals surface area contributed by atoms with Gasteiger partial charge in [0.1, 0.15) is 5.82 Å². The molecule has 12 heavy (non-hydrogen) atoms. The van der Waals surface area contributed by atoms with Crippen molar-refractivity contribution >= 4 is 11.6 Å². The highest BCUT2D eigenvalue weighted by Crippen LogP contribution is 1.94. The summed E-state index contributed by atoms with van der Waals surface area (Å²) in [5, 5.41) is 0. The van der Waals surface area contributed by atoms with Gasteiger partial charge in [-0.15, -0.1) is 11.6 Å². The van der Waals surface area contributed by atoms with Crippen molar-refractivity contribution in [1.29, 1.82) is 0 Å². The van der Waals surface area contributed by atoms with E-state index in [4.69, 9.17) is 11.6 Å². The first-order valence-electron chi connectivity index (χ1n) is 3.83. The van der Waals surface area contributed by atoms with Crippen LogP contribution in [-0.2, 0) is 6.54 Å². The van der Waals surface area contributed by atoms with Crippen LogP contribution in [0.1, 0.15) is 5.82 Å². The zero-order valence-electron chi connectivity index (χ0n) is 7.07. The van der Waals surface area contributed by atoms with Gasteiger partial charge in [0.25, 0.3) is 0 Å². The van der Waals surface area contributed by atoms with Gasteiger partial charge in [-0.3, -0.25) is 4.90 Å². The van der Waals surface area contributed by atoms with Gasteiger partial charge in [-0.25, -0.2) is 9.97 Å². The minimum Gasteiger partial charge on any atom is -0.298 e. The van der Waals surface area contributed by atoms with E-state index in [9.17, 15) is 0 Å². The summed E-state index contributed by atoms with van der Waals surface area (Å²) in [5.74, 6) is 1.48. The Hall–Kier alpha value is -0.670. The monoisotopic (exact) mass is 185 g/mol. The van der Waals surface area contributed by atoms with Gasteiger partial charge in [-0.2, -0.15) is 0 Å². The molecule has 0 saturated heterocycles. The molecule has 0 amide bonds. The predicted molar refractivity (Wildman–Crippen MR) is 49.1 cm³/mol. The predicted octanol–water partition coefficient (Wildman–Crippen LogP) is 1.15. The molecule has 1 aromatic rings. The van der Waals surface area contributed by atoms with Gasteiger partial charge in [-0.05, 0) is 13.1 Å². The molecule has 0 fully saturated rings. The van der Waals surface area contributed by atoms with E-state index >= 15 is 0 Å². The number of aromatic nitrogens is 2. The second kappa shape index (κ2) is 5.06. The average Bonchev–Trinajstić information content (AvgIpc) is 2.06. The molecule has 0 radical (unpaired) electrons. The Morgan fingerprint density at radius 2 is 2.08 bits per heavy atom. The molecule has 4 heteroatoms. The number of hydrogen-bond acceptors (Lipinski definition) is 3. The lowest BCUT2D eigenvalue weighted by Crippen LogP contribution is -2.21. The van der Waals surface area contributed by atoms with Crippen LogP contribution in [0.25, 0.3) is 0 Å². The van der Waals surface area contributed by atoms with E-state index in [1.807, 2.05) is 13.1 Å². The van der Waals surface area contributed by atoms with Crippen LogP contribution in [0.15, 0.2) is 18.5 Å². The van der Waals surface area contributed by atoms with Gasteiger partial charge >= 0.3 is 0 Å². The maximum Gasteiger partial charge on any atom is 0.142 e.